The van der Waals surface area contributed by atoms with Gasteiger partial charge in [0.1, 0.15) is 0 Å². The quantitative estimate of drug-likeness (QED) is 0.240. The molecule has 0 saturated carbocycles. The van der Waals surface area contributed by atoms with Crippen LogP contribution >= 0.6 is 0 Å². The number of rotatable bonds is 12. The molecule has 0 saturated heterocycles. The lowest BCUT2D eigenvalue weighted by molar-refractivity contribution is 0.299. The van der Waals surface area contributed by atoms with E-state index in [1.54, 1.807) is 0 Å². The van der Waals surface area contributed by atoms with Gasteiger partial charge < -0.3 is 16.5 Å². The highest BCUT2D eigenvalue weighted by atomic mass is 28.5. The first-order chi connectivity index (χ1) is 16.3. The molecule has 5 nitrogen and oxygen atoms in total. The fourth-order valence-electron chi connectivity index (χ4n) is 4.75. The Balaban J connectivity index is 1.96. The topological polar surface area (TPSA) is 60.7 Å². The van der Waals surface area contributed by atoms with Gasteiger partial charge in [-0.05, 0) is 113 Å². The predicted molar refractivity (Wildman–Crippen MR) is 163 cm³/mol. The molecule has 0 radical (unpaired) electrons. The summed E-state index contributed by atoms with van der Waals surface area (Å²) in [5.74, 6) is 0. The maximum atomic E-state index is 9.00. The van der Waals surface area contributed by atoms with E-state index in [4.69, 9.17) is 21.7 Å². The highest BCUT2D eigenvalue weighted by molar-refractivity contribution is 6.90. The molecule has 0 atom stereocenters. The van der Waals surface area contributed by atoms with Gasteiger partial charge in [-0.15, -0.1) is 0 Å². The van der Waals surface area contributed by atoms with Crippen LogP contribution in [0.3, 0.4) is 0 Å². The first kappa shape index (κ1) is 31.1. The number of aryl methyl sites for hydroxylation is 1. The van der Waals surface area contributed by atoms with E-state index in [2.05, 4.69) is 102 Å². The molecule has 10 heteroatoms. The van der Waals surface area contributed by atoms with Crippen LogP contribution in [0, 0.1) is 11.3 Å². The highest BCUT2D eigenvalue weighted by Crippen LogP contribution is 2.28. The van der Waals surface area contributed by atoms with E-state index in [0.717, 1.165) is 23.6 Å². The smallest absolute Gasteiger partial charge is 0.314 e. The fourth-order valence-corrected chi connectivity index (χ4v) is 28.4. The molecule has 0 aliphatic rings. The maximum Gasteiger partial charge on any atom is 0.314 e. The zero-order valence-electron chi connectivity index (χ0n) is 24.1. The first-order valence-corrected chi connectivity index (χ1v) is 27.7. The fraction of sp³-hybridized carbons (Fsp3) is 0.500. The zero-order chi connectivity index (χ0) is 27.4. The SMILES string of the molecule is C[Si](C)(C)O[Si](C)(C)O[Si](C)(C)O[Si](C)(C)O[Si](C)(C)CCc1ccc(-c2ccc(C#N)cc2)cc1. The summed E-state index contributed by atoms with van der Waals surface area (Å²) in [4.78, 5) is 0. The first-order valence-electron chi connectivity index (χ1n) is 12.7. The Labute approximate surface area is 224 Å². The summed E-state index contributed by atoms with van der Waals surface area (Å²) in [5, 5.41) is 9.00. The van der Waals surface area contributed by atoms with Crippen molar-refractivity contribution in [3.05, 3.63) is 59.7 Å². The molecule has 0 N–H and O–H groups in total. The van der Waals surface area contributed by atoms with E-state index in [1.807, 2.05) is 24.3 Å². The lowest BCUT2D eigenvalue weighted by Gasteiger charge is -2.42. The van der Waals surface area contributed by atoms with Gasteiger partial charge in [0.2, 0.25) is 0 Å². The van der Waals surface area contributed by atoms with Crippen LogP contribution in [0.25, 0.3) is 11.1 Å². The van der Waals surface area contributed by atoms with Gasteiger partial charge in [0.15, 0.2) is 16.6 Å². The van der Waals surface area contributed by atoms with Gasteiger partial charge in [0.25, 0.3) is 0 Å². The normalized spacial score (nSPS) is 13.5. The predicted octanol–water partition coefficient (Wildman–Crippen LogP) is 7.98. The van der Waals surface area contributed by atoms with Crippen LogP contribution in [0.1, 0.15) is 11.1 Å². The highest BCUT2D eigenvalue weighted by Gasteiger charge is 2.45. The summed E-state index contributed by atoms with van der Waals surface area (Å²) in [6.45, 7) is 24.0. The van der Waals surface area contributed by atoms with Crippen LogP contribution in [0.5, 0.6) is 0 Å². The molecular weight excluding hydrogens is 531 g/mol. The summed E-state index contributed by atoms with van der Waals surface area (Å²) in [7, 11) is -10.7. The molecule has 0 amide bonds. The van der Waals surface area contributed by atoms with E-state index in [-0.39, 0.29) is 0 Å². The van der Waals surface area contributed by atoms with Crippen LogP contribution in [-0.2, 0) is 22.9 Å². The Hall–Kier alpha value is -1.15. The molecule has 0 fully saturated rings. The van der Waals surface area contributed by atoms with Crippen molar-refractivity contribution < 1.29 is 16.5 Å². The molecule has 2 aromatic rings. The molecule has 0 spiro atoms. The van der Waals surface area contributed by atoms with Crippen molar-refractivity contribution in [1.29, 1.82) is 5.26 Å². The number of nitrogens with zero attached hydrogens (tertiary/aromatic N) is 1. The zero-order valence-corrected chi connectivity index (χ0v) is 29.1. The van der Waals surface area contributed by atoms with Gasteiger partial charge in [-0.25, -0.2) is 0 Å². The van der Waals surface area contributed by atoms with Crippen molar-refractivity contribution in [1.82, 2.24) is 0 Å². The van der Waals surface area contributed by atoms with E-state index < -0.39 is 42.3 Å². The van der Waals surface area contributed by atoms with E-state index in [0.29, 0.717) is 5.56 Å². The van der Waals surface area contributed by atoms with Crippen molar-refractivity contribution in [2.24, 2.45) is 0 Å². The van der Waals surface area contributed by atoms with Gasteiger partial charge >= 0.3 is 25.7 Å². The molecule has 0 aromatic heterocycles. The Kier molecular flexibility index (Phi) is 10.1. The largest absolute Gasteiger partial charge is 0.437 e. The van der Waals surface area contributed by atoms with Gasteiger partial charge in [-0.2, -0.15) is 5.26 Å². The van der Waals surface area contributed by atoms with E-state index in [9.17, 15) is 0 Å². The van der Waals surface area contributed by atoms with Gasteiger partial charge in [0.05, 0.1) is 11.6 Å². The second-order valence-electron chi connectivity index (χ2n) is 12.4. The van der Waals surface area contributed by atoms with Crippen LogP contribution in [-0.4, -0.2) is 42.3 Å². The Morgan fingerprint density at radius 1 is 0.583 bits per heavy atom. The van der Waals surface area contributed by atoms with E-state index in [1.165, 1.54) is 5.56 Å². The van der Waals surface area contributed by atoms with Crippen molar-refractivity contribution in [2.45, 2.75) is 84.5 Å². The van der Waals surface area contributed by atoms with Crippen LogP contribution in [0.4, 0.5) is 0 Å². The van der Waals surface area contributed by atoms with Crippen molar-refractivity contribution in [3.63, 3.8) is 0 Å². The van der Waals surface area contributed by atoms with Crippen LogP contribution in [0.2, 0.25) is 78.1 Å². The molecule has 0 heterocycles. The standard InChI is InChI=1S/C26H45NO4Si5/c1-32(2,3)28-34(6,7)30-36(10,11)31-35(8,9)29-33(4,5)21-20-23-12-16-25(17-13-23)26-18-14-24(22-27)15-19-26/h12-19H,20-21H2,1-11H3. The second kappa shape index (κ2) is 11.7. The monoisotopic (exact) mass is 575 g/mol. The molecular formula is C26H45NO4Si5. The summed E-state index contributed by atoms with van der Waals surface area (Å²) in [6.07, 6.45) is 0.985. The third kappa shape index (κ3) is 11.1. The Bertz CT molecular complexity index is 1040. The number of hydrogen-bond acceptors (Lipinski definition) is 5. The van der Waals surface area contributed by atoms with Gasteiger partial charge in [-0.1, -0.05) is 36.4 Å². The van der Waals surface area contributed by atoms with Gasteiger partial charge in [-0.3, -0.25) is 0 Å². The number of nitriles is 1. The van der Waals surface area contributed by atoms with Crippen LogP contribution < -0.4 is 0 Å². The third-order valence-corrected chi connectivity index (χ3v) is 23.3. The molecule has 2 aromatic carbocycles. The molecule has 0 aliphatic carbocycles. The van der Waals surface area contributed by atoms with Gasteiger partial charge in [0, 0.05) is 0 Å². The Morgan fingerprint density at radius 3 is 1.44 bits per heavy atom. The lowest BCUT2D eigenvalue weighted by atomic mass is 10.0. The molecule has 0 aliphatic heterocycles. The molecule has 198 valence electrons. The van der Waals surface area contributed by atoms with Crippen molar-refractivity contribution >= 4 is 42.3 Å². The minimum atomic E-state index is -2.41. The minimum absolute atomic E-state index is 0.682. The summed E-state index contributed by atoms with van der Waals surface area (Å²) in [5.41, 5.74) is 4.28. The molecule has 0 bridgehead atoms. The summed E-state index contributed by atoms with van der Waals surface area (Å²) < 4.78 is 26.4. The minimum Gasteiger partial charge on any atom is -0.437 e. The maximum absolute atomic E-state index is 9.00. The summed E-state index contributed by atoms with van der Waals surface area (Å²) in [6, 6.07) is 19.6. The Morgan fingerprint density at radius 2 is 1.00 bits per heavy atom. The molecule has 2 rings (SSSR count). The molecule has 0 unspecified atom stereocenters. The molecule has 36 heavy (non-hydrogen) atoms. The lowest BCUT2D eigenvalue weighted by Crippen LogP contribution is -2.58. The summed E-state index contributed by atoms with van der Waals surface area (Å²) >= 11 is 0. The van der Waals surface area contributed by atoms with E-state index >= 15 is 0 Å². The number of benzene rings is 2. The van der Waals surface area contributed by atoms with Crippen molar-refractivity contribution in [2.75, 3.05) is 0 Å². The number of hydrogen-bond donors (Lipinski definition) is 0. The average molecular weight is 576 g/mol. The third-order valence-electron chi connectivity index (χ3n) is 5.37. The van der Waals surface area contributed by atoms with Crippen molar-refractivity contribution in [3.8, 4) is 17.2 Å². The average Bonchev–Trinajstić information content (AvgIpc) is 2.68. The second-order valence-corrected chi connectivity index (χ2v) is 32.3. The van der Waals surface area contributed by atoms with Crippen LogP contribution in [0.15, 0.2) is 48.5 Å².